The van der Waals surface area contributed by atoms with E-state index in [1.54, 1.807) is 24.1 Å². The first-order valence-electron chi connectivity index (χ1n) is 6.76. The van der Waals surface area contributed by atoms with Crippen LogP contribution in [0.3, 0.4) is 0 Å². The third-order valence-corrected chi connectivity index (χ3v) is 4.03. The predicted octanol–water partition coefficient (Wildman–Crippen LogP) is 2.49. The minimum absolute atomic E-state index is 0.143. The summed E-state index contributed by atoms with van der Waals surface area (Å²) in [7, 11) is 0. The second kappa shape index (κ2) is 5.48. The van der Waals surface area contributed by atoms with Crippen molar-refractivity contribution >= 4 is 23.5 Å². The molecule has 1 saturated heterocycles. The summed E-state index contributed by atoms with van der Waals surface area (Å²) in [5.41, 5.74) is -0.312. The van der Waals surface area contributed by atoms with E-state index in [1.807, 2.05) is 11.5 Å². The summed E-state index contributed by atoms with van der Waals surface area (Å²) in [4.78, 5) is 25.4. The van der Waals surface area contributed by atoms with Crippen LogP contribution < -0.4 is 0 Å². The molecule has 0 saturated carbocycles. The van der Waals surface area contributed by atoms with Crippen LogP contribution >= 0.6 is 11.6 Å². The number of nitrogens with zero attached hydrogens (tertiary/aromatic N) is 2. The molecule has 1 amide bonds. The van der Waals surface area contributed by atoms with Gasteiger partial charge < -0.3 is 14.6 Å². The number of carboxylic acids is 1. The Hall–Kier alpha value is -1.49. The normalized spacial score (nSPS) is 22.2. The van der Waals surface area contributed by atoms with Gasteiger partial charge >= 0.3 is 5.97 Å². The van der Waals surface area contributed by atoms with Crippen molar-refractivity contribution in [2.75, 3.05) is 13.1 Å². The van der Waals surface area contributed by atoms with Gasteiger partial charge in [0.25, 0.3) is 5.91 Å². The summed E-state index contributed by atoms with van der Waals surface area (Å²) in [6.07, 6.45) is 3.12. The quantitative estimate of drug-likeness (QED) is 0.929. The van der Waals surface area contributed by atoms with E-state index in [1.165, 1.54) is 0 Å². The summed E-state index contributed by atoms with van der Waals surface area (Å²) < 4.78 is 1.83. The van der Waals surface area contributed by atoms with Crippen molar-refractivity contribution in [1.29, 1.82) is 0 Å². The number of hydrogen-bond acceptors (Lipinski definition) is 2. The zero-order chi connectivity index (χ0) is 14.9. The molecule has 0 spiro atoms. The highest BCUT2D eigenvalue weighted by Gasteiger charge is 2.42. The van der Waals surface area contributed by atoms with E-state index in [0.717, 1.165) is 13.0 Å². The van der Waals surface area contributed by atoms with Crippen LogP contribution in [-0.2, 0) is 11.3 Å². The maximum atomic E-state index is 12.5. The van der Waals surface area contributed by atoms with E-state index in [9.17, 15) is 14.7 Å². The molecule has 1 aliphatic heterocycles. The molecule has 1 aromatic rings. The topological polar surface area (TPSA) is 62.5 Å². The molecule has 1 atom stereocenters. The van der Waals surface area contributed by atoms with E-state index in [4.69, 9.17) is 11.6 Å². The number of halogens is 1. The number of aromatic nitrogens is 1. The molecule has 6 heteroatoms. The number of aliphatic carboxylic acids is 1. The number of rotatable bonds is 4. The minimum Gasteiger partial charge on any atom is -0.481 e. The Labute approximate surface area is 123 Å². The molecule has 0 aromatic carbocycles. The van der Waals surface area contributed by atoms with Crippen LogP contribution in [0, 0.1) is 5.41 Å². The average Bonchev–Trinajstić information content (AvgIpc) is 2.94. The Kier molecular flexibility index (Phi) is 4.09. The molecule has 1 aliphatic rings. The van der Waals surface area contributed by atoms with Gasteiger partial charge in [-0.3, -0.25) is 9.59 Å². The zero-order valence-electron chi connectivity index (χ0n) is 11.7. The minimum atomic E-state index is -0.852. The molecule has 0 aliphatic carbocycles. The second-order valence-corrected chi connectivity index (χ2v) is 6.02. The number of aryl methyl sites for hydroxylation is 1. The van der Waals surface area contributed by atoms with Crippen LogP contribution in [0.1, 0.15) is 37.2 Å². The average molecular weight is 299 g/mol. The fourth-order valence-electron chi connectivity index (χ4n) is 2.55. The summed E-state index contributed by atoms with van der Waals surface area (Å²) in [6.45, 7) is 5.14. The fourth-order valence-corrected chi connectivity index (χ4v) is 2.77. The molecule has 20 heavy (non-hydrogen) atoms. The predicted molar refractivity (Wildman–Crippen MR) is 76.0 cm³/mol. The van der Waals surface area contributed by atoms with Crippen molar-refractivity contribution in [3.8, 4) is 0 Å². The highest BCUT2D eigenvalue weighted by molar-refractivity contribution is 6.31. The lowest BCUT2D eigenvalue weighted by Gasteiger charge is -2.20. The van der Waals surface area contributed by atoms with Gasteiger partial charge in [-0.1, -0.05) is 18.5 Å². The van der Waals surface area contributed by atoms with Gasteiger partial charge in [-0.15, -0.1) is 0 Å². The monoisotopic (exact) mass is 298 g/mol. The standard InChI is InChI=1S/C14H19ClN2O3/c1-3-5-16-8-10(15)7-11(16)12(18)17-6-4-14(2,9-17)13(19)20/h7-8H,3-6,9H2,1-2H3,(H,19,20). The first-order chi connectivity index (χ1) is 9.37. The molecule has 1 unspecified atom stereocenters. The van der Waals surface area contributed by atoms with Gasteiger partial charge in [-0.25, -0.2) is 0 Å². The maximum Gasteiger partial charge on any atom is 0.311 e. The highest BCUT2D eigenvalue weighted by atomic mass is 35.5. The summed E-state index contributed by atoms with van der Waals surface area (Å²) >= 11 is 5.97. The summed E-state index contributed by atoms with van der Waals surface area (Å²) in [5, 5.41) is 9.75. The molecule has 5 nitrogen and oxygen atoms in total. The first kappa shape index (κ1) is 14.9. The van der Waals surface area contributed by atoms with Gasteiger partial charge in [0.05, 0.1) is 10.4 Å². The fraction of sp³-hybridized carbons (Fsp3) is 0.571. The SMILES string of the molecule is CCCn1cc(Cl)cc1C(=O)N1CCC(C)(C(=O)O)C1. The third kappa shape index (κ3) is 2.68. The van der Waals surface area contributed by atoms with Crippen LogP contribution in [0.25, 0.3) is 0 Å². The maximum absolute atomic E-state index is 12.5. The molecular formula is C14H19ClN2O3. The Morgan fingerprint density at radius 1 is 1.50 bits per heavy atom. The van der Waals surface area contributed by atoms with Crippen molar-refractivity contribution in [3.63, 3.8) is 0 Å². The number of carbonyl (C=O) groups excluding carboxylic acids is 1. The van der Waals surface area contributed by atoms with Gasteiger partial charge in [-0.2, -0.15) is 0 Å². The molecule has 0 radical (unpaired) electrons. The number of hydrogen-bond donors (Lipinski definition) is 1. The molecule has 0 bridgehead atoms. The largest absolute Gasteiger partial charge is 0.481 e. The molecule has 2 rings (SSSR count). The number of carboxylic acid groups (broad SMARTS) is 1. The van der Waals surface area contributed by atoms with E-state index in [2.05, 4.69) is 0 Å². The van der Waals surface area contributed by atoms with Gasteiger partial charge in [0.2, 0.25) is 0 Å². The number of amides is 1. The van der Waals surface area contributed by atoms with Gasteiger partial charge in [0, 0.05) is 25.8 Å². The van der Waals surface area contributed by atoms with Gasteiger partial charge in [0.1, 0.15) is 5.69 Å². The Morgan fingerprint density at radius 2 is 2.20 bits per heavy atom. The Balaban J connectivity index is 2.19. The van der Waals surface area contributed by atoms with Crippen LogP contribution in [0.15, 0.2) is 12.3 Å². The number of carbonyl (C=O) groups is 2. The van der Waals surface area contributed by atoms with Gasteiger partial charge in [-0.05, 0) is 25.8 Å². The highest BCUT2D eigenvalue weighted by Crippen LogP contribution is 2.31. The van der Waals surface area contributed by atoms with Crippen molar-refractivity contribution in [2.45, 2.75) is 33.2 Å². The van der Waals surface area contributed by atoms with Crippen LogP contribution in [-0.4, -0.2) is 39.5 Å². The molecule has 1 fully saturated rings. The third-order valence-electron chi connectivity index (χ3n) is 3.82. The van der Waals surface area contributed by atoms with Crippen molar-refractivity contribution in [2.24, 2.45) is 5.41 Å². The van der Waals surface area contributed by atoms with E-state index in [-0.39, 0.29) is 12.5 Å². The smallest absolute Gasteiger partial charge is 0.311 e. The summed E-state index contributed by atoms with van der Waals surface area (Å²) in [5.74, 6) is -0.995. The van der Waals surface area contributed by atoms with Crippen LogP contribution in [0.5, 0.6) is 0 Å². The number of likely N-dealkylation sites (tertiary alicyclic amines) is 1. The lowest BCUT2D eigenvalue weighted by molar-refractivity contribution is -0.147. The second-order valence-electron chi connectivity index (χ2n) is 5.58. The first-order valence-corrected chi connectivity index (χ1v) is 7.13. The van der Waals surface area contributed by atoms with Crippen molar-refractivity contribution in [3.05, 3.63) is 23.0 Å². The van der Waals surface area contributed by atoms with E-state index >= 15 is 0 Å². The van der Waals surface area contributed by atoms with Crippen LogP contribution in [0.2, 0.25) is 5.02 Å². The molecule has 110 valence electrons. The molecule has 1 aromatic heterocycles. The van der Waals surface area contributed by atoms with Crippen molar-refractivity contribution in [1.82, 2.24) is 9.47 Å². The van der Waals surface area contributed by atoms with E-state index < -0.39 is 11.4 Å². The molecule has 2 heterocycles. The van der Waals surface area contributed by atoms with Crippen LogP contribution in [0.4, 0.5) is 0 Å². The van der Waals surface area contributed by atoms with Gasteiger partial charge in [0.15, 0.2) is 0 Å². The summed E-state index contributed by atoms with van der Waals surface area (Å²) in [6, 6.07) is 1.65. The Bertz CT molecular complexity index is 541. The van der Waals surface area contributed by atoms with Crippen molar-refractivity contribution < 1.29 is 14.7 Å². The van der Waals surface area contributed by atoms with E-state index in [0.29, 0.717) is 23.7 Å². The molecular weight excluding hydrogens is 280 g/mol. The lowest BCUT2D eigenvalue weighted by Crippen LogP contribution is -2.35. The lowest BCUT2D eigenvalue weighted by atomic mass is 9.90. The zero-order valence-corrected chi connectivity index (χ0v) is 12.5. The molecule has 1 N–H and O–H groups in total. The Morgan fingerprint density at radius 3 is 2.75 bits per heavy atom.